The van der Waals surface area contributed by atoms with E-state index in [0.717, 1.165) is 22.4 Å². The van der Waals surface area contributed by atoms with Crippen LogP contribution in [0.3, 0.4) is 0 Å². The smallest absolute Gasteiger partial charge is 0.250 e. The first kappa shape index (κ1) is 18.0. The van der Waals surface area contributed by atoms with Gasteiger partial charge < -0.3 is 4.74 Å². The van der Waals surface area contributed by atoms with Gasteiger partial charge in [-0.2, -0.15) is 0 Å². The highest BCUT2D eigenvalue weighted by Crippen LogP contribution is 2.27. The molecule has 1 N–H and O–H groups in total. The Morgan fingerprint density at radius 3 is 2.50 bits per heavy atom. The summed E-state index contributed by atoms with van der Waals surface area (Å²) < 4.78 is 34.8. The van der Waals surface area contributed by atoms with Crippen molar-refractivity contribution in [2.75, 3.05) is 32.8 Å². The second-order valence-corrected chi connectivity index (χ2v) is 9.96. The van der Waals surface area contributed by atoms with Gasteiger partial charge in [-0.3, -0.25) is 4.90 Å². The lowest BCUT2D eigenvalue weighted by molar-refractivity contribution is 0.0345. The number of thiophene rings is 1. The van der Waals surface area contributed by atoms with Gasteiger partial charge in [-0.25, -0.2) is 13.1 Å². The van der Waals surface area contributed by atoms with E-state index in [1.165, 1.54) is 11.3 Å². The van der Waals surface area contributed by atoms with Crippen molar-refractivity contribution in [2.45, 2.75) is 10.3 Å². The van der Waals surface area contributed by atoms with Crippen molar-refractivity contribution in [3.05, 3.63) is 51.8 Å². The van der Waals surface area contributed by atoms with Gasteiger partial charge in [-0.05, 0) is 33.6 Å². The van der Waals surface area contributed by atoms with Crippen LogP contribution in [0.25, 0.3) is 0 Å². The Kier molecular flexibility index (Phi) is 6.07. The van der Waals surface area contributed by atoms with Crippen molar-refractivity contribution < 1.29 is 13.2 Å². The third-order valence-electron chi connectivity index (χ3n) is 3.86. The summed E-state index contributed by atoms with van der Waals surface area (Å²) in [6, 6.07) is 12.8. The molecule has 1 fully saturated rings. The van der Waals surface area contributed by atoms with E-state index < -0.39 is 10.0 Å². The van der Waals surface area contributed by atoms with E-state index >= 15 is 0 Å². The number of sulfonamides is 1. The third-order valence-corrected chi connectivity index (χ3v) is 7.44. The number of rotatable bonds is 6. The Labute approximate surface area is 154 Å². The van der Waals surface area contributed by atoms with Crippen LogP contribution in [0.2, 0.25) is 0 Å². The van der Waals surface area contributed by atoms with Crippen LogP contribution in [0, 0.1) is 0 Å². The van der Waals surface area contributed by atoms with Gasteiger partial charge in [0.2, 0.25) is 0 Å². The molecule has 1 aliphatic rings. The van der Waals surface area contributed by atoms with Crippen LogP contribution in [-0.4, -0.2) is 46.2 Å². The standard InChI is InChI=1S/C16H19BrN2O3S2/c17-15-6-7-16(23-15)24(20,21)18-14(13-4-2-1-3-5-13)12-19-8-10-22-11-9-19/h1-7,14,18H,8-12H2. The van der Waals surface area contributed by atoms with E-state index in [0.29, 0.717) is 24.0 Å². The number of nitrogens with one attached hydrogen (secondary N) is 1. The Bertz CT molecular complexity index is 759. The fraction of sp³-hybridized carbons (Fsp3) is 0.375. The molecule has 8 heteroatoms. The molecule has 0 saturated carbocycles. The number of hydrogen-bond acceptors (Lipinski definition) is 5. The first-order valence-corrected chi connectivity index (χ1v) is 10.8. The third kappa shape index (κ3) is 4.65. The topological polar surface area (TPSA) is 58.6 Å². The van der Waals surface area contributed by atoms with Crippen molar-refractivity contribution in [1.29, 1.82) is 0 Å². The zero-order valence-corrected chi connectivity index (χ0v) is 16.2. The van der Waals surface area contributed by atoms with Gasteiger partial charge in [0.25, 0.3) is 10.0 Å². The number of nitrogens with zero attached hydrogens (tertiary/aromatic N) is 1. The molecule has 1 aromatic carbocycles. The molecule has 24 heavy (non-hydrogen) atoms. The number of benzene rings is 1. The SMILES string of the molecule is O=S(=O)(NC(CN1CCOCC1)c1ccccc1)c1ccc(Br)s1. The summed E-state index contributed by atoms with van der Waals surface area (Å²) >= 11 is 4.53. The summed E-state index contributed by atoms with van der Waals surface area (Å²) in [6.07, 6.45) is 0. The highest BCUT2D eigenvalue weighted by molar-refractivity contribution is 9.11. The summed E-state index contributed by atoms with van der Waals surface area (Å²) in [4.78, 5) is 2.23. The largest absolute Gasteiger partial charge is 0.379 e. The minimum atomic E-state index is -3.56. The second-order valence-electron chi connectivity index (χ2n) is 5.56. The molecule has 1 unspecified atom stereocenters. The van der Waals surface area contributed by atoms with Gasteiger partial charge in [-0.1, -0.05) is 30.3 Å². The molecule has 2 heterocycles. The van der Waals surface area contributed by atoms with Gasteiger partial charge in [0.05, 0.1) is 23.0 Å². The van der Waals surface area contributed by atoms with E-state index in [4.69, 9.17) is 4.74 Å². The Morgan fingerprint density at radius 1 is 1.17 bits per heavy atom. The number of ether oxygens (including phenoxy) is 1. The predicted octanol–water partition coefficient (Wildman–Crippen LogP) is 2.86. The van der Waals surface area contributed by atoms with Crippen LogP contribution < -0.4 is 4.72 Å². The van der Waals surface area contributed by atoms with E-state index in [9.17, 15) is 8.42 Å². The van der Waals surface area contributed by atoms with Crippen LogP contribution in [0.5, 0.6) is 0 Å². The lowest BCUT2D eigenvalue weighted by Gasteiger charge is -2.30. The molecule has 0 bridgehead atoms. The summed E-state index contributed by atoms with van der Waals surface area (Å²) in [5, 5.41) is 0. The van der Waals surface area contributed by atoms with Crippen molar-refractivity contribution in [3.8, 4) is 0 Å². The van der Waals surface area contributed by atoms with Crippen LogP contribution in [-0.2, 0) is 14.8 Å². The number of hydrogen-bond donors (Lipinski definition) is 1. The Morgan fingerprint density at radius 2 is 1.88 bits per heavy atom. The molecular weight excluding hydrogens is 412 g/mol. The minimum Gasteiger partial charge on any atom is -0.379 e. The molecule has 3 rings (SSSR count). The Hall–Kier alpha value is -0.770. The maximum absolute atomic E-state index is 12.7. The molecule has 130 valence electrons. The van der Waals surface area contributed by atoms with Crippen molar-refractivity contribution in [1.82, 2.24) is 9.62 Å². The molecule has 1 saturated heterocycles. The van der Waals surface area contributed by atoms with Gasteiger partial charge >= 0.3 is 0 Å². The summed E-state index contributed by atoms with van der Waals surface area (Å²) in [5.41, 5.74) is 0.961. The zero-order valence-electron chi connectivity index (χ0n) is 13.0. The monoisotopic (exact) mass is 430 g/mol. The van der Waals surface area contributed by atoms with E-state index in [1.807, 2.05) is 30.3 Å². The van der Waals surface area contributed by atoms with E-state index in [-0.39, 0.29) is 6.04 Å². The second kappa shape index (κ2) is 8.07. The van der Waals surface area contributed by atoms with Crippen LogP contribution in [0.15, 0.2) is 50.5 Å². The lowest BCUT2D eigenvalue weighted by Crippen LogP contribution is -2.43. The average Bonchev–Trinajstić information content (AvgIpc) is 3.03. The van der Waals surface area contributed by atoms with E-state index in [2.05, 4.69) is 25.6 Å². The van der Waals surface area contributed by atoms with Crippen molar-refractivity contribution in [2.24, 2.45) is 0 Å². The van der Waals surface area contributed by atoms with Crippen molar-refractivity contribution >= 4 is 37.3 Å². The first-order valence-electron chi connectivity index (χ1n) is 7.67. The minimum absolute atomic E-state index is 0.296. The molecule has 0 spiro atoms. The summed E-state index contributed by atoms with van der Waals surface area (Å²) in [7, 11) is -3.56. The molecule has 0 amide bonds. The number of halogens is 1. The predicted molar refractivity (Wildman–Crippen MR) is 98.8 cm³/mol. The fourth-order valence-corrected chi connectivity index (χ4v) is 5.87. The van der Waals surface area contributed by atoms with Crippen LogP contribution >= 0.6 is 27.3 Å². The quantitative estimate of drug-likeness (QED) is 0.765. The first-order chi connectivity index (χ1) is 11.5. The van der Waals surface area contributed by atoms with Crippen LogP contribution in [0.1, 0.15) is 11.6 Å². The molecule has 1 atom stereocenters. The maximum Gasteiger partial charge on any atom is 0.250 e. The van der Waals surface area contributed by atoms with Crippen LogP contribution in [0.4, 0.5) is 0 Å². The molecule has 2 aromatic rings. The number of morpholine rings is 1. The van der Waals surface area contributed by atoms with Crippen molar-refractivity contribution in [3.63, 3.8) is 0 Å². The summed E-state index contributed by atoms with van der Waals surface area (Å²) in [5.74, 6) is 0. The Balaban J connectivity index is 1.81. The fourth-order valence-electron chi connectivity index (χ4n) is 2.63. The maximum atomic E-state index is 12.7. The molecule has 1 aromatic heterocycles. The van der Waals surface area contributed by atoms with Gasteiger partial charge in [0, 0.05) is 19.6 Å². The molecule has 0 aliphatic carbocycles. The summed E-state index contributed by atoms with van der Waals surface area (Å²) in [6.45, 7) is 3.63. The van der Waals surface area contributed by atoms with E-state index in [1.54, 1.807) is 12.1 Å². The highest BCUT2D eigenvalue weighted by Gasteiger charge is 2.25. The lowest BCUT2D eigenvalue weighted by atomic mass is 10.1. The van der Waals surface area contributed by atoms with Gasteiger partial charge in [0.1, 0.15) is 4.21 Å². The van der Waals surface area contributed by atoms with Gasteiger partial charge in [0.15, 0.2) is 0 Å². The van der Waals surface area contributed by atoms with Gasteiger partial charge in [-0.15, -0.1) is 11.3 Å². The normalized spacial score (nSPS) is 17.7. The molecular formula is C16H19BrN2O3S2. The zero-order chi connectivity index (χ0) is 17.0. The molecule has 0 radical (unpaired) electrons. The average molecular weight is 431 g/mol. The molecule has 1 aliphatic heterocycles. The molecule has 5 nitrogen and oxygen atoms in total. The highest BCUT2D eigenvalue weighted by atomic mass is 79.9.